The predicted octanol–water partition coefficient (Wildman–Crippen LogP) is 2.51. The number of methoxy groups -OCH3 is 2. The molecule has 1 aromatic carbocycles. The van der Waals surface area contributed by atoms with Gasteiger partial charge in [0.2, 0.25) is 5.90 Å². The minimum absolute atomic E-state index is 0.244. The van der Waals surface area contributed by atoms with Crippen molar-refractivity contribution in [2.24, 2.45) is 10.9 Å². The quantitative estimate of drug-likeness (QED) is 0.823. The Morgan fingerprint density at radius 2 is 1.94 bits per heavy atom. The van der Waals surface area contributed by atoms with Gasteiger partial charge >= 0.3 is 0 Å². The van der Waals surface area contributed by atoms with E-state index < -0.39 is 0 Å². The highest BCUT2D eigenvalue weighted by Gasteiger charge is 2.23. The molecule has 1 aromatic rings. The van der Waals surface area contributed by atoms with Crippen molar-refractivity contribution in [3.8, 4) is 11.5 Å². The Morgan fingerprint density at radius 1 is 1.22 bits per heavy atom. The summed E-state index contributed by atoms with van der Waals surface area (Å²) in [4.78, 5) is 4.59. The lowest BCUT2D eigenvalue weighted by Gasteiger charge is -2.09. The molecule has 1 aliphatic rings. The van der Waals surface area contributed by atoms with E-state index in [-0.39, 0.29) is 6.04 Å². The van der Waals surface area contributed by atoms with Crippen LogP contribution in [0.1, 0.15) is 19.4 Å². The van der Waals surface area contributed by atoms with Crippen molar-refractivity contribution < 1.29 is 14.2 Å². The molecule has 0 unspecified atom stereocenters. The molecule has 18 heavy (non-hydrogen) atoms. The van der Waals surface area contributed by atoms with Gasteiger partial charge in [0.1, 0.15) is 6.61 Å². The highest BCUT2D eigenvalue weighted by Crippen LogP contribution is 2.29. The number of hydrogen-bond donors (Lipinski definition) is 0. The van der Waals surface area contributed by atoms with Crippen LogP contribution < -0.4 is 9.47 Å². The summed E-state index contributed by atoms with van der Waals surface area (Å²) < 4.78 is 16.1. The van der Waals surface area contributed by atoms with Crippen LogP contribution in [0, 0.1) is 5.92 Å². The van der Waals surface area contributed by atoms with Gasteiger partial charge in [-0.2, -0.15) is 0 Å². The highest BCUT2D eigenvalue weighted by molar-refractivity contribution is 5.95. The number of rotatable bonds is 4. The van der Waals surface area contributed by atoms with Gasteiger partial charge in [0, 0.05) is 5.56 Å². The smallest absolute Gasteiger partial charge is 0.216 e. The maximum atomic E-state index is 5.64. The molecule has 1 aliphatic heterocycles. The lowest BCUT2D eigenvalue weighted by atomic mass is 10.1. The zero-order valence-electron chi connectivity index (χ0n) is 11.3. The van der Waals surface area contributed by atoms with Crippen molar-refractivity contribution >= 4 is 5.90 Å². The van der Waals surface area contributed by atoms with E-state index in [4.69, 9.17) is 14.2 Å². The maximum absolute atomic E-state index is 5.64. The molecule has 0 bridgehead atoms. The molecule has 0 saturated heterocycles. The van der Waals surface area contributed by atoms with Crippen LogP contribution in [0.3, 0.4) is 0 Å². The molecule has 4 heteroatoms. The van der Waals surface area contributed by atoms with Crippen LogP contribution in [0.2, 0.25) is 0 Å². The molecule has 98 valence electrons. The average molecular weight is 249 g/mol. The molecule has 0 N–H and O–H groups in total. The molecule has 1 heterocycles. The number of benzene rings is 1. The Hall–Kier alpha value is -1.71. The molecule has 0 fully saturated rings. The van der Waals surface area contributed by atoms with Crippen LogP contribution >= 0.6 is 0 Å². The largest absolute Gasteiger partial charge is 0.493 e. The Bertz CT molecular complexity index is 454. The SMILES string of the molecule is COc1ccc(C2=N[C@H](C(C)C)CO2)cc1OC. The summed E-state index contributed by atoms with van der Waals surface area (Å²) in [5.74, 6) is 2.58. The number of hydrogen-bond acceptors (Lipinski definition) is 4. The second-order valence-corrected chi connectivity index (χ2v) is 4.63. The number of aliphatic imine (C=N–C) groups is 1. The van der Waals surface area contributed by atoms with E-state index in [1.54, 1.807) is 14.2 Å². The van der Waals surface area contributed by atoms with E-state index in [9.17, 15) is 0 Å². The molecular weight excluding hydrogens is 230 g/mol. The zero-order chi connectivity index (χ0) is 13.1. The van der Waals surface area contributed by atoms with E-state index in [0.29, 0.717) is 29.9 Å². The predicted molar refractivity (Wildman–Crippen MR) is 70.7 cm³/mol. The van der Waals surface area contributed by atoms with Gasteiger partial charge in [-0.15, -0.1) is 0 Å². The summed E-state index contributed by atoms with van der Waals surface area (Å²) in [6.07, 6.45) is 0. The van der Waals surface area contributed by atoms with Crippen LogP contribution in [0.4, 0.5) is 0 Å². The van der Waals surface area contributed by atoms with Crippen molar-refractivity contribution in [2.75, 3.05) is 20.8 Å². The first kappa shape index (κ1) is 12.7. The van der Waals surface area contributed by atoms with Crippen molar-refractivity contribution in [1.82, 2.24) is 0 Å². The third-order valence-electron chi connectivity index (χ3n) is 3.07. The van der Waals surface area contributed by atoms with Crippen LogP contribution in [0.15, 0.2) is 23.2 Å². The van der Waals surface area contributed by atoms with Gasteiger partial charge in [0.15, 0.2) is 11.5 Å². The summed E-state index contributed by atoms with van der Waals surface area (Å²) >= 11 is 0. The van der Waals surface area contributed by atoms with Crippen molar-refractivity contribution in [3.05, 3.63) is 23.8 Å². The van der Waals surface area contributed by atoms with Gasteiger partial charge in [-0.25, -0.2) is 4.99 Å². The molecule has 4 nitrogen and oxygen atoms in total. The molecule has 0 spiro atoms. The standard InChI is InChI=1S/C14H19NO3/c1-9(2)11-8-18-14(15-11)10-5-6-12(16-3)13(7-10)17-4/h5-7,9,11H,8H2,1-4H3/t11-/m0/s1. The first-order chi connectivity index (χ1) is 8.65. The summed E-state index contributed by atoms with van der Waals surface area (Å²) in [7, 11) is 3.24. The third kappa shape index (κ3) is 2.42. The summed E-state index contributed by atoms with van der Waals surface area (Å²) in [5.41, 5.74) is 0.927. The second-order valence-electron chi connectivity index (χ2n) is 4.63. The third-order valence-corrected chi connectivity index (χ3v) is 3.07. The fraction of sp³-hybridized carbons (Fsp3) is 0.500. The van der Waals surface area contributed by atoms with Gasteiger partial charge in [-0.3, -0.25) is 0 Å². The molecule has 0 amide bonds. The van der Waals surface area contributed by atoms with Gasteiger partial charge in [0.05, 0.1) is 20.3 Å². The van der Waals surface area contributed by atoms with Crippen LogP contribution in [-0.2, 0) is 4.74 Å². The second kappa shape index (κ2) is 5.29. The van der Waals surface area contributed by atoms with Gasteiger partial charge in [0.25, 0.3) is 0 Å². The Morgan fingerprint density at radius 3 is 2.50 bits per heavy atom. The normalized spacial score (nSPS) is 18.5. The minimum Gasteiger partial charge on any atom is -0.493 e. The fourth-order valence-electron chi connectivity index (χ4n) is 1.86. The number of ether oxygens (including phenoxy) is 3. The van der Waals surface area contributed by atoms with Crippen LogP contribution in [0.25, 0.3) is 0 Å². The molecule has 2 rings (SSSR count). The summed E-state index contributed by atoms with van der Waals surface area (Å²) in [5, 5.41) is 0. The molecule has 0 saturated carbocycles. The van der Waals surface area contributed by atoms with Crippen molar-refractivity contribution in [2.45, 2.75) is 19.9 Å². The topological polar surface area (TPSA) is 40.0 Å². The molecule has 0 aliphatic carbocycles. The van der Waals surface area contributed by atoms with E-state index in [1.165, 1.54) is 0 Å². The molecule has 0 aromatic heterocycles. The Balaban J connectivity index is 2.27. The molecule has 1 atom stereocenters. The average Bonchev–Trinajstić information content (AvgIpc) is 2.87. The van der Waals surface area contributed by atoms with Crippen molar-refractivity contribution in [1.29, 1.82) is 0 Å². The molecule has 0 radical (unpaired) electrons. The van der Waals surface area contributed by atoms with E-state index in [2.05, 4.69) is 18.8 Å². The van der Waals surface area contributed by atoms with Gasteiger partial charge in [-0.05, 0) is 24.1 Å². The minimum atomic E-state index is 0.244. The molecular formula is C14H19NO3. The van der Waals surface area contributed by atoms with Gasteiger partial charge in [-0.1, -0.05) is 13.8 Å². The van der Waals surface area contributed by atoms with Gasteiger partial charge < -0.3 is 14.2 Å². The lowest BCUT2D eigenvalue weighted by Crippen LogP contribution is -2.13. The summed E-state index contributed by atoms with van der Waals surface area (Å²) in [6, 6.07) is 5.93. The fourth-order valence-corrected chi connectivity index (χ4v) is 1.86. The first-order valence-corrected chi connectivity index (χ1v) is 6.08. The Kier molecular flexibility index (Phi) is 3.75. The summed E-state index contributed by atoms with van der Waals surface area (Å²) in [6.45, 7) is 4.95. The monoisotopic (exact) mass is 249 g/mol. The first-order valence-electron chi connectivity index (χ1n) is 6.08. The Labute approximate surface area is 108 Å². The van der Waals surface area contributed by atoms with E-state index in [0.717, 1.165) is 5.56 Å². The lowest BCUT2D eigenvalue weighted by molar-refractivity contribution is 0.291. The van der Waals surface area contributed by atoms with Crippen LogP contribution in [0.5, 0.6) is 11.5 Å². The van der Waals surface area contributed by atoms with E-state index in [1.807, 2.05) is 18.2 Å². The highest BCUT2D eigenvalue weighted by atomic mass is 16.5. The van der Waals surface area contributed by atoms with Crippen molar-refractivity contribution in [3.63, 3.8) is 0 Å². The zero-order valence-corrected chi connectivity index (χ0v) is 11.3. The van der Waals surface area contributed by atoms with E-state index >= 15 is 0 Å². The van der Waals surface area contributed by atoms with Crippen LogP contribution in [-0.4, -0.2) is 32.8 Å². The maximum Gasteiger partial charge on any atom is 0.216 e. The number of nitrogens with zero attached hydrogens (tertiary/aromatic N) is 1.